The van der Waals surface area contributed by atoms with Crippen LogP contribution in [0, 0.1) is 0 Å². The predicted molar refractivity (Wildman–Crippen MR) is 86.8 cm³/mol. The van der Waals surface area contributed by atoms with Crippen LogP contribution in [0.3, 0.4) is 0 Å². The first kappa shape index (κ1) is 16.3. The molecule has 0 bridgehead atoms. The highest BCUT2D eigenvalue weighted by Gasteiger charge is 2.26. The highest BCUT2D eigenvalue weighted by Crippen LogP contribution is 2.35. The van der Waals surface area contributed by atoms with Gasteiger partial charge in [0.25, 0.3) is 0 Å². The third kappa shape index (κ3) is 3.78. The molecule has 1 aliphatic rings. The summed E-state index contributed by atoms with van der Waals surface area (Å²) >= 11 is 0. The number of ether oxygens (including phenoxy) is 1. The maximum atomic E-state index is 10.4. The lowest BCUT2D eigenvalue weighted by molar-refractivity contribution is -0.0116. The normalized spacial score (nSPS) is 18.4. The molecule has 3 nitrogen and oxygen atoms in total. The zero-order valence-corrected chi connectivity index (χ0v) is 13.6. The summed E-state index contributed by atoms with van der Waals surface area (Å²) in [5, 5.41) is 14.0. The van der Waals surface area contributed by atoms with Crippen LogP contribution in [0.2, 0.25) is 0 Å². The summed E-state index contributed by atoms with van der Waals surface area (Å²) in [6.07, 6.45) is 4.90. The van der Waals surface area contributed by atoms with Crippen LogP contribution < -0.4 is 10.1 Å². The quantitative estimate of drug-likeness (QED) is 0.806. The molecule has 0 heterocycles. The van der Waals surface area contributed by atoms with Gasteiger partial charge in [-0.25, -0.2) is 0 Å². The second kappa shape index (κ2) is 7.28. The first-order chi connectivity index (χ1) is 10.1. The molecule has 118 valence electrons. The molecule has 0 saturated carbocycles. The summed E-state index contributed by atoms with van der Waals surface area (Å²) in [6.45, 7) is 7.53. The van der Waals surface area contributed by atoms with E-state index in [1.54, 1.807) is 0 Å². The topological polar surface area (TPSA) is 41.5 Å². The molecule has 21 heavy (non-hydrogen) atoms. The molecule has 0 saturated heterocycles. The fraction of sp³-hybridized carbons (Fsp3) is 0.667. The smallest absolute Gasteiger partial charge is 0.122 e. The summed E-state index contributed by atoms with van der Waals surface area (Å²) in [4.78, 5) is 0. The van der Waals surface area contributed by atoms with E-state index < -0.39 is 5.60 Å². The molecule has 1 unspecified atom stereocenters. The predicted octanol–water partition coefficient (Wildman–Crippen LogP) is 3.60. The molecule has 2 N–H and O–H groups in total. The van der Waals surface area contributed by atoms with Gasteiger partial charge in [-0.3, -0.25) is 0 Å². The van der Waals surface area contributed by atoms with Crippen LogP contribution >= 0.6 is 0 Å². The van der Waals surface area contributed by atoms with Gasteiger partial charge in [-0.1, -0.05) is 32.9 Å². The van der Waals surface area contributed by atoms with E-state index in [0.29, 0.717) is 12.6 Å². The van der Waals surface area contributed by atoms with Crippen molar-refractivity contribution in [3.05, 3.63) is 29.3 Å². The van der Waals surface area contributed by atoms with E-state index in [2.05, 4.69) is 24.4 Å². The molecule has 2 rings (SSSR count). The number of benzene rings is 1. The molecule has 0 spiro atoms. The number of aliphatic hydroxyl groups is 1. The SMILES string of the molecule is CCNC1CCCc2c(OCC(O)(CC)CC)cccc21. The minimum atomic E-state index is -0.710. The van der Waals surface area contributed by atoms with Crippen LogP contribution in [0.25, 0.3) is 0 Å². The standard InChI is InChI=1S/C18H29NO2/c1-4-18(20,5-2)13-21-17-12-8-9-14-15(17)10-7-11-16(14)19-6-3/h8-9,12,16,19-20H,4-7,10-11,13H2,1-3H3. The Bertz CT molecular complexity index is 455. The van der Waals surface area contributed by atoms with E-state index in [1.165, 1.54) is 24.0 Å². The Morgan fingerprint density at radius 2 is 2.05 bits per heavy atom. The molecular weight excluding hydrogens is 262 g/mol. The van der Waals surface area contributed by atoms with Crippen molar-refractivity contribution in [2.45, 2.75) is 64.5 Å². The Hall–Kier alpha value is -1.06. The third-order valence-corrected chi connectivity index (χ3v) is 4.73. The Balaban J connectivity index is 2.16. The summed E-state index contributed by atoms with van der Waals surface area (Å²) < 4.78 is 6.00. The van der Waals surface area contributed by atoms with Gasteiger partial charge in [-0.2, -0.15) is 0 Å². The molecule has 0 aromatic heterocycles. The molecule has 1 aromatic rings. The monoisotopic (exact) mass is 291 g/mol. The Labute approximate surface area is 128 Å². The fourth-order valence-corrected chi connectivity index (χ4v) is 3.07. The van der Waals surface area contributed by atoms with Gasteiger partial charge in [0.2, 0.25) is 0 Å². The maximum absolute atomic E-state index is 10.4. The first-order valence-corrected chi connectivity index (χ1v) is 8.34. The van der Waals surface area contributed by atoms with Crippen molar-refractivity contribution in [2.75, 3.05) is 13.2 Å². The van der Waals surface area contributed by atoms with Gasteiger partial charge < -0.3 is 15.2 Å². The number of hydrogen-bond acceptors (Lipinski definition) is 3. The number of nitrogens with one attached hydrogen (secondary N) is 1. The summed E-state index contributed by atoms with van der Waals surface area (Å²) in [5.74, 6) is 0.954. The van der Waals surface area contributed by atoms with Gasteiger partial charge in [-0.15, -0.1) is 0 Å². The number of fused-ring (bicyclic) bond motifs is 1. The van der Waals surface area contributed by atoms with Crippen molar-refractivity contribution < 1.29 is 9.84 Å². The summed E-state index contributed by atoms with van der Waals surface area (Å²) in [6, 6.07) is 6.76. The van der Waals surface area contributed by atoms with E-state index in [1.807, 2.05) is 19.9 Å². The average Bonchev–Trinajstić information content (AvgIpc) is 2.53. The molecule has 0 aliphatic heterocycles. The fourth-order valence-electron chi connectivity index (χ4n) is 3.07. The van der Waals surface area contributed by atoms with Gasteiger partial charge >= 0.3 is 0 Å². The molecular formula is C18H29NO2. The second-order valence-electron chi connectivity index (χ2n) is 6.05. The minimum absolute atomic E-state index is 0.377. The van der Waals surface area contributed by atoms with Crippen LogP contribution in [0.4, 0.5) is 0 Å². The Morgan fingerprint density at radius 1 is 1.29 bits per heavy atom. The molecule has 1 aliphatic carbocycles. The van der Waals surface area contributed by atoms with Crippen LogP contribution in [0.1, 0.15) is 63.6 Å². The molecule has 0 fully saturated rings. The number of hydrogen-bond donors (Lipinski definition) is 2. The Kier molecular flexibility index (Phi) is 5.65. The minimum Gasteiger partial charge on any atom is -0.490 e. The van der Waals surface area contributed by atoms with Gasteiger partial charge in [0.1, 0.15) is 12.4 Å². The lowest BCUT2D eigenvalue weighted by atomic mass is 9.87. The molecule has 1 atom stereocenters. The maximum Gasteiger partial charge on any atom is 0.122 e. The number of rotatable bonds is 7. The van der Waals surface area contributed by atoms with Crippen LogP contribution in [-0.2, 0) is 6.42 Å². The van der Waals surface area contributed by atoms with Gasteiger partial charge in [-0.05, 0) is 55.8 Å². The van der Waals surface area contributed by atoms with Crippen molar-refractivity contribution >= 4 is 0 Å². The van der Waals surface area contributed by atoms with Gasteiger partial charge in [0.05, 0.1) is 5.60 Å². The first-order valence-electron chi connectivity index (χ1n) is 8.34. The zero-order valence-electron chi connectivity index (χ0n) is 13.6. The largest absolute Gasteiger partial charge is 0.490 e. The van der Waals surface area contributed by atoms with E-state index in [9.17, 15) is 5.11 Å². The van der Waals surface area contributed by atoms with Crippen LogP contribution in [0.5, 0.6) is 5.75 Å². The van der Waals surface area contributed by atoms with E-state index in [0.717, 1.165) is 31.6 Å². The molecule has 1 aromatic carbocycles. The highest BCUT2D eigenvalue weighted by molar-refractivity contribution is 5.43. The van der Waals surface area contributed by atoms with E-state index in [-0.39, 0.29) is 0 Å². The molecule has 0 amide bonds. The van der Waals surface area contributed by atoms with E-state index >= 15 is 0 Å². The zero-order chi connectivity index (χ0) is 15.3. The van der Waals surface area contributed by atoms with Crippen molar-refractivity contribution in [1.82, 2.24) is 5.32 Å². The third-order valence-electron chi connectivity index (χ3n) is 4.73. The van der Waals surface area contributed by atoms with Crippen molar-refractivity contribution in [3.8, 4) is 5.75 Å². The molecule has 0 radical (unpaired) electrons. The van der Waals surface area contributed by atoms with Crippen molar-refractivity contribution in [2.24, 2.45) is 0 Å². The Morgan fingerprint density at radius 3 is 2.71 bits per heavy atom. The summed E-state index contributed by atoms with van der Waals surface area (Å²) in [7, 11) is 0. The highest BCUT2D eigenvalue weighted by atomic mass is 16.5. The van der Waals surface area contributed by atoms with Crippen LogP contribution in [0.15, 0.2) is 18.2 Å². The second-order valence-corrected chi connectivity index (χ2v) is 6.05. The molecule has 3 heteroatoms. The van der Waals surface area contributed by atoms with Crippen LogP contribution in [-0.4, -0.2) is 23.9 Å². The lowest BCUT2D eigenvalue weighted by Crippen LogP contribution is -2.34. The average molecular weight is 291 g/mol. The lowest BCUT2D eigenvalue weighted by Gasteiger charge is -2.30. The van der Waals surface area contributed by atoms with Gasteiger partial charge in [0, 0.05) is 6.04 Å². The van der Waals surface area contributed by atoms with E-state index in [4.69, 9.17) is 4.74 Å². The van der Waals surface area contributed by atoms with Crippen molar-refractivity contribution in [1.29, 1.82) is 0 Å². The van der Waals surface area contributed by atoms with Gasteiger partial charge in [0.15, 0.2) is 0 Å². The summed E-state index contributed by atoms with van der Waals surface area (Å²) in [5.41, 5.74) is 1.99. The van der Waals surface area contributed by atoms with Crippen molar-refractivity contribution in [3.63, 3.8) is 0 Å².